The van der Waals surface area contributed by atoms with Gasteiger partial charge in [0.1, 0.15) is 0 Å². The number of benzene rings is 1. The van der Waals surface area contributed by atoms with E-state index in [9.17, 15) is 0 Å². The molecule has 2 heteroatoms. The highest BCUT2D eigenvalue weighted by Crippen LogP contribution is 2.37. The Hall–Kier alpha value is -1.75. The molecule has 0 N–H and O–H groups in total. The molecule has 2 nitrogen and oxygen atoms in total. The average Bonchev–Trinajstić information content (AvgIpc) is 2.62. The van der Waals surface area contributed by atoms with Gasteiger partial charge in [-0.2, -0.15) is 5.26 Å². The van der Waals surface area contributed by atoms with E-state index in [4.69, 9.17) is 10.00 Å². The Labute approximate surface area is 147 Å². The number of nitriles is 1. The molecule has 0 radical (unpaired) electrons. The van der Waals surface area contributed by atoms with E-state index in [0.717, 1.165) is 24.3 Å². The van der Waals surface area contributed by atoms with Crippen molar-refractivity contribution in [2.24, 2.45) is 5.92 Å². The monoisotopic (exact) mass is 325 g/mol. The maximum Gasteiger partial charge on any atom is 0.0991 e. The maximum atomic E-state index is 8.89. The van der Waals surface area contributed by atoms with Gasteiger partial charge in [-0.3, -0.25) is 0 Å². The van der Waals surface area contributed by atoms with Crippen molar-refractivity contribution >= 4 is 0 Å². The third-order valence-electron chi connectivity index (χ3n) is 5.15. The van der Waals surface area contributed by atoms with E-state index in [-0.39, 0.29) is 0 Å². The first kappa shape index (κ1) is 18.6. The molecule has 0 saturated heterocycles. The summed E-state index contributed by atoms with van der Waals surface area (Å²) in [6.45, 7) is 4.41. The molecule has 0 aliphatic heterocycles. The first-order valence-electron chi connectivity index (χ1n) is 9.53. The van der Waals surface area contributed by atoms with Gasteiger partial charge in [0.2, 0.25) is 0 Å². The number of ether oxygens (including phenoxy) is 1. The number of hydrogen-bond donors (Lipinski definition) is 0. The molecule has 24 heavy (non-hydrogen) atoms. The molecular formula is C22H31NO. The fourth-order valence-electron chi connectivity index (χ4n) is 3.67. The molecule has 130 valence electrons. The molecule has 0 heterocycles. The summed E-state index contributed by atoms with van der Waals surface area (Å²) in [4.78, 5) is 0. The van der Waals surface area contributed by atoms with Gasteiger partial charge in [0, 0.05) is 0 Å². The first-order valence-corrected chi connectivity index (χ1v) is 9.53. The highest BCUT2D eigenvalue weighted by atomic mass is 16.5. The molecule has 1 aromatic rings. The molecule has 1 aromatic carbocycles. The van der Waals surface area contributed by atoms with Crippen LogP contribution >= 0.6 is 0 Å². The molecule has 1 saturated carbocycles. The topological polar surface area (TPSA) is 33.0 Å². The number of hydrogen-bond acceptors (Lipinski definition) is 2. The van der Waals surface area contributed by atoms with Crippen LogP contribution in [-0.2, 0) is 4.74 Å². The summed E-state index contributed by atoms with van der Waals surface area (Å²) in [6, 6.07) is 10.4. The van der Waals surface area contributed by atoms with Gasteiger partial charge in [-0.15, -0.1) is 0 Å². The van der Waals surface area contributed by atoms with Crippen molar-refractivity contribution in [2.75, 3.05) is 0 Å². The van der Waals surface area contributed by atoms with Crippen LogP contribution in [0.25, 0.3) is 0 Å². The largest absolute Gasteiger partial charge is 0.499 e. The van der Waals surface area contributed by atoms with Crippen LogP contribution in [0.2, 0.25) is 0 Å². The molecule has 0 spiro atoms. The molecular weight excluding hydrogens is 294 g/mol. The lowest BCUT2D eigenvalue weighted by atomic mass is 9.77. The lowest BCUT2D eigenvalue weighted by Crippen LogP contribution is -2.18. The fourth-order valence-corrected chi connectivity index (χ4v) is 3.67. The van der Waals surface area contributed by atoms with Crippen LogP contribution in [0.4, 0.5) is 0 Å². The van der Waals surface area contributed by atoms with E-state index in [1.165, 1.54) is 44.1 Å². The summed E-state index contributed by atoms with van der Waals surface area (Å²) >= 11 is 0. The predicted molar refractivity (Wildman–Crippen MR) is 99.7 cm³/mol. The van der Waals surface area contributed by atoms with Gasteiger partial charge in [-0.25, -0.2) is 0 Å². The first-order chi connectivity index (χ1) is 11.7. The predicted octanol–water partition coefficient (Wildman–Crippen LogP) is 6.33. The van der Waals surface area contributed by atoms with Gasteiger partial charge in [0.15, 0.2) is 0 Å². The Bertz CT molecular complexity index is 532. The average molecular weight is 325 g/mol. The van der Waals surface area contributed by atoms with E-state index in [0.29, 0.717) is 12.0 Å². The van der Waals surface area contributed by atoms with E-state index in [1.54, 1.807) is 0 Å². The fraction of sp³-hybridized carbons (Fsp3) is 0.591. The molecule has 1 fully saturated rings. The lowest BCUT2D eigenvalue weighted by Gasteiger charge is -2.30. The van der Waals surface area contributed by atoms with Crippen LogP contribution in [0, 0.1) is 17.2 Å². The number of nitrogens with zero attached hydrogens (tertiary/aromatic N) is 1. The Morgan fingerprint density at radius 2 is 1.92 bits per heavy atom. The van der Waals surface area contributed by atoms with Crippen LogP contribution in [-0.4, -0.2) is 6.10 Å². The Balaban J connectivity index is 1.70. The van der Waals surface area contributed by atoms with Gasteiger partial charge < -0.3 is 4.74 Å². The summed E-state index contributed by atoms with van der Waals surface area (Å²) in [7, 11) is 0. The zero-order chi connectivity index (χ0) is 17.2. The van der Waals surface area contributed by atoms with Crippen molar-refractivity contribution in [1.29, 1.82) is 5.26 Å². The van der Waals surface area contributed by atoms with Crippen LogP contribution in [0.15, 0.2) is 36.6 Å². The molecule has 0 amide bonds. The SMILES string of the molecule is CCCC/C=C/OC(C)CC1CCC(c2ccc(C#N)cc2)CC1. The van der Waals surface area contributed by atoms with Gasteiger partial charge in [-0.1, -0.05) is 25.5 Å². The van der Waals surface area contributed by atoms with E-state index >= 15 is 0 Å². The molecule has 1 aliphatic rings. The third kappa shape index (κ3) is 6.04. The number of rotatable bonds is 8. The number of allylic oxidation sites excluding steroid dienone is 1. The van der Waals surface area contributed by atoms with Crippen molar-refractivity contribution in [3.63, 3.8) is 0 Å². The third-order valence-corrected chi connectivity index (χ3v) is 5.15. The van der Waals surface area contributed by atoms with Crippen LogP contribution in [0.5, 0.6) is 0 Å². The molecule has 0 bridgehead atoms. The standard InChI is InChI=1S/C22H31NO/c1-3-4-5-6-15-24-18(2)16-19-7-11-21(12-8-19)22-13-9-20(17-23)10-14-22/h6,9-10,13-15,18-19,21H,3-5,7-8,11-12,16H2,1-2H3/b15-6+. The van der Waals surface area contributed by atoms with Crippen molar-refractivity contribution in [3.05, 3.63) is 47.7 Å². The molecule has 1 aliphatic carbocycles. The molecule has 1 atom stereocenters. The minimum atomic E-state index is 0.319. The highest BCUT2D eigenvalue weighted by Gasteiger charge is 2.23. The summed E-state index contributed by atoms with van der Waals surface area (Å²) in [5.41, 5.74) is 2.15. The maximum absolute atomic E-state index is 8.89. The second-order valence-corrected chi connectivity index (χ2v) is 7.15. The van der Waals surface area contributed by atoms with E-state index < -0.39 is 0 Å². The Morgan fingerprint density at radius 3 is 2.54 bits per heavy atom. The summed E-state index contributed by atoms with van der Waals surface area (Å²) < 4.78 is 5.82. The van der Waals surface area contributed by atoms with Gasteiger partial charge in [-0.05, 0) is 87.5 Å². The minimum Gasteiger partial charge on any atom is -0.499 e. The van der Waals surface area contributed by atoms with E-state index in [1.807, 2.05) is 18.4 Å². The van der Waals surface area contributed by atoms with E-state index in [2.05, 4.69) is 38.1 Å². The summed E-state index contributed by atoms with van der Waals surface area (Å²) in [6.07, 6.45) is 14.2. The van der Waals surface area contributed by atoms with Gasteiger partial charge in [0.05, 0.1) is 24.0 Å². The van der Waals surface area contributed by atoms with Gasteiger partial charge in [0.25, 0.3) is 0 Å². The van der Waals surface area contributed by atoms with Crippen molar-refractivity contribution in [2.45, 2.75) is 77.2 Å². The smallest absolute Gasteiger partial charge is 0.0991 e. The zero-order valence-corrected chi connectivity index (χ0v) is 15.2. The second kappa shape index (κ2) is 10.2. The van der Waals surface area contributed by atoms with Crippen LogP contribution in [0.1, 0.15) is 82.3 Å². The Kier molecular flexibility index (Phi) is 7.89. The van der Waals surface area contributed by atoms with Crippen LogP contribution in [0.3, 0.4) is 0 Å². The highest BCUT2D eigenvalue weighted by molar-refractivity contribution is 5.33. The zero-order valence-electron chi connectivity index (χ0n) is 15.2. The lowest BCUT2D eigenvalue weighted by molar-refractivity contribution is 0.120. The van der Waals surface area contributed by atoms with Gasteiger partial charge >= 0.3 is 0 Å². The van der Waals surface area contributed by atoms with Crippen molar-refractivity contribution < 1.29 is 4.74 Å². The second-order valence-electron chi connectivity index (χ2n) is 7.15. The quantitative estimate of drug-likeness (QED) is 0.413. The molecule has 0 aromatic heterocycles. The Morgan fingerprint density at radius 1 is 1.21 bits per heavy atom. The molecule has 1 unspecified atom stereocenters. The normalized spacial score (nSPS) is 22.2. The van der Waals surface area contributed by atoms with Crippen molar-refractivity contribution in [1.82, 2.24) is 0 Å². The van der Waals surface area contributed by atoms with Crippen molar-refractivity contribution in [3.8, 4) is 6.07 Å². The summed E-state index contributed by atoms with van der Waals surface area (Å²) in [5.74, 6) is 1.46. The summed E-state index contributed by atoms with van der Waals surface area (Å²) in [5, 5.41) is 8.89. The number of unbranched alkanes of at least 4 members (excludes halogenated alkanes) is 2. The van der Waals surface area contributed by atoms with Crippen LogP contribution < -0.4 is 0 Å². The molecule has 2 rings (SSSR count). The minimum absolute atomic E-state index is 0.319.